The molecular formula is C8H7BrF2N2O. The van der Waals surface area contributed by atoms with Crippen molar-refractivity contribution >= 4 is 27.5 Å². The van der Waals surface area contributed by atoms with Crippen molar-refractivity contribution in [2.24, 2.45) is 5.73 Å². The minimum absolute atomic E-state index is 0.109. The molecule has 1 aromatic rings. The van der Waals surface area contributed by atoms with E-state index in [2.05, 4.69) is 21.2 Å². The van der Waals surface area contributed by atoms with E-state index in [1.165, 1.54) is 0 Å². The van der Waals surface area contributed by atoms with Crippen LogP contribution in [0.1, 0.15) is 0 Å². The smallest absolute Gasteiger partial charge is 0.238 e. The molecule has 0 saturated carbocycles. The SMILES string of the molecule is NCC(=O)Nc1c(F)cc(F)cc1Br. The first-order valence-electron chi connectivity index (χ1n) is 3.69. The Bertz CT molecular complexity index is 347. The monoisotopic (exact) mass is 264 g/mol. The highest BCUT2D eigenvalue weighted by Gasteiger charge is 2.11. The summed E-state index contributed by atoms with van der Waals surface area (Å²) in [6, 6.07) is 1.73. The fourth-order valence-corrected chi connectivity index (χ4v) is 1.36. The Morgan fingerprint density at radius 3 is 2.64 bits per heavy atom. The van der Waals surface area contributed by atoms with Gasteiger partial charge in [-0.05, 0) is 22.0 Å². The van der Waals surface area contributed by atoms with E-state index in [1.807, 2.05) is 0 Å². The molecule has 0 radical (unpaired) electrons. The normalized spacial score (nSPS) is 10.0. The van der Waals surface area contributed by atoms with Crippen LogP contribution in [-0.2, 0) is 4.79 Å². The van der Waals surface area contributed by atoms with Gasteiger partial charge in [-0.25, -0.2) is 8.78 Å². The van der Waals surface area contributed by atoms with Crippen LogP contribution in [0, 0.1) is 11.6 Å². The van der Waals surface area contributed by atoms with E-state index in [4.69, 9.17) is 5.73 Å². The van der Waals surface area contributed by atoms with Crippen LogP contribution in [0.15, 0.2) is 16.6 Å². The molecule has 3 nitrogen and oxygen atoms in total. The van der Waals surface area contributed by atoms with Crippen LogP contribution in [0.4, 0.5) is 14.5 Å². The van der Waals surface area contributed by atoms with Gasteiger partial charge in [0, 0.05) is 10.5 Å². The number of hydrogen-bond acceptors (Lipinski definition) is 2. The number of rotatable bonds is 2. The number of amides is 1. The van der Waals surface area contributed by atoms with Gasteiger partial charge in [-0.2, -0.15) is 0 Å². The summed E-state index contributed by atoms with van der Waals surface area (Å²) >= 11 is 2.92. The molecule has 0 saturated heterocycles. The van der Waals surface area contributed by atoms with Crippen molar-refractivity contribution in [3.8, 4) is 0 Å². The van der Waals surface area contributed by atoms with Crippen molar-refractivity contribution in [3.05, 3.63) is 28.2 Å². The summed E-state index contributed by atoms with van der Waals surface area (Å²) in [5.74, 6) is -2.12. The number of nitrogens with two attached hydrogens (primary N) is 1. The lowest BCUT2D eigenvalue weighted by atomic mass is 10.3. The Labute approximate surface area is 87.4 Å². The summed E-state index contributed by atoms with van der Waals surface area (Å²) < 4.78 is 25.8. The Morgan fingerprint density at radius 2 is 2.14 bits per heavy atom. The molecule has 0 bridgehead atoms. The molecule has 0 aliphatic heterocycles. The Balaban J connectivity index is 3.02. The van der Waals surface area contributed by atoms with Crippen LogP contribution in [-0.4, -0.2) is 12.5 Å². The number of carbonyl (C=O) groups is 1. The van der Waals surface area contributed by atoms with Gasteiger partial charge in [-0.1, -0.05) is 0 Å². The van der Waals surface area contributed by atoms with Gasteiger partial charge in [0.2, 0.25) is 5.91 Å². The summed E-state index contributed by atoms with van der Waals surface area (Å²) in [5.41, 5.74) is 4.92. The molecule has 76 valence electrons. The van der Waals surface area contributed by atoms with Crippen LogP contribution in [0.25, 0.3) is 0 Å². The second-order valence-electron chi connectivity index (χ2n) is 2.50. The van der Waals surface area contributed by atoms with Crippen molar-refractivity contribution in [3.63, 3.8) is 0 Å². The average Bonchev–Trinajstić information content (AvgIpc) is 2.10. The van der Waals surface area contributed by atoms with Crippen LogP contribution in [0.5, 0.6) is 0 Å². The standard InChI is InChI=1S/C8H7BrF2N2O/c9-5-1-4(10)2-6(11)8(5)13-7(14)3-12/h1-2H,3,12H2,(H,13,14). The van der Waals surface area contributed by atoms with Gasteiger partial charge in [0.05, 0.1) is 12.2 Å². The Hall–Kier alpha value is -1.01. The summed E-state index contributed by atoms with van der Waals surface area (Å²) in [5, 5.41) is 2.20. The summed E-state index contributed by atoms with van der Waals surface area (Å²) in [4.78, 5) is 10.9. The van der Waals surface area contributed by atoms with Gasteiger partial charge in [-0.3, -0.25) is 4.79 Å². The van der Waals surface area contributed by atoms with Gasteiger partial charge in [0.25, 0.3) is 0 Å². The van der Waals surface area contributed by atoms with Crippen LogP contribution in [0.2, 0.25) is 0 Å². The van der Waals surface area contributed by atoms with E-state index in [1.54, 1.807) is 0 Å². The maximum Gasteiger partial charge on any atom is 0.238 e. The van der Waals surface area contributed by atoms with Crippen molar-refractivity contribution < 1.29 is 13.6 Å². The molecule has 0 fully saturated rings. The van der Waals surface area contributed by atoms with E-state index in [-0.39, 0.29) is 16.7 Å². The number of hydrogen-bond donors (Lipinski definition) is 2. The van der Waals surface area contributed by atoms with Gasteiger partial charge in [0.15, 0.2) is 5.82 Å². The number of anilines is 1. The maximum atomic E-state index is 13.1. The molecule has 0 unspecified atom stereocenters. The molecule has 1 aromatic carbocycles. The Morgan fingerprint density at radius 1 is 1.50 bits per heavy atom. The number of benzene rings is 1. The van der Waals surface area contributed by atoms with Crippen molar-refractivity contribution in [2.75, 3.05) is 11.9 Å². The van der Waals surface area contributed by atoms with E-state index in [0.29, 0.717) is 6.07 Å². The van der Waals surface area contributed by atoms with Crippen molar-refractivity contribution in [1.82, 2.24) is 0 Å². The van der Waals surface area contributed by atoms with Crippen LogP contribution < -0.4 is 11.1 Å². The van der Waals surface area contributed by atoms with E-state index < -0.39 is 17.5 Å². The lowest BCUT2D eigenvalue weighted by Gasteiger charge is -2.07. The minimum Gasteiger partial charge on any atom is -0.322 e. The predicted octanol–water partition coefficient (Wildman–Crippen LogP) is 1.62. The third kappa shape index (κ3) is 2.49. The van der Waals surface area contributed by atoms with Crippen molar-refractivity contribution in [1.29, 1.82) is 0 Å². The topological polar surface area (TPSA) is 55.1 Å². The lowest BCUT2D eigenvalue weighted by Crippen LogP contribution is -2.22. The first-order chi connectivity index (χ1) is 6.54. The summed E-state index contributed by atoms with van der Waals surface area (Å²) in [6.07, 6.45) is 0. The quantitative estimate of drug-likeness (QED) is 0.853. The van der Waals surface area contributed by atoms with Gasteiger partial charge < -0.3 is 11.1 Å². The zero-order valence-electron chi connectivity index (χ0n) is 6.98. The molecule has 6 heteroatoms. The number of nitrogens with one attached hydrogen (secondary N) is 1. The molecule has 0 aliphatic rings. The number of halogens is 3. The van der Waals surface area contributed by atoms with Crippen LogP contribution >= 0.6 is 15.9 Å². The van der Waals surface area contributed by atoms with Gasteiger partial charge >= 0.3 is 0 Å². The molecule has 0 heterocycles. The molecule has 14 heavy (non-hydrogen) atoms. The van der Waals surface area contributed by atoms with E-state index in [0.717, 1.165) is 6.07 Å². The molecule has 1 rings (SSSR count). The second kappa shape index (κ2) is 4.47. The first kappa shape index (κ1) is 11.1. The minimum atomic E-state index is -0.848. The largest absolute Gasteiger partial charge is 0.322 e. The highest BCUT2D eigenvalue weighted by molar-refractivity contribution is 9.10. The third-order valence-electron chi connectivity index (χ3n) is 1.46. The Kier molecular flexibility index (Phi) is 3.54. The lowest BCUT2D eigenvalue weighted by molar-refractivity contribution is -0.114. The summed E-state index contributed by atoms with van der Waals surface area (Å²) in [7, 11) is 0. The maximum absolute atomic E-state index is 13.1. The fourth-order valence-electron chi connectivity index (χ4n) is 0.852. The van der Waals surface area contributed by atoms with Gasteiger partial charge in [0.1, 0.15) is 5.82 Å². The molecule has 3 N–H and O–H groups in total. The van der Waals surface area contributed by atoms with Crippen molar-refractivity contribution in [2.45, 2.75) is 0 Å². The molecule has 0 spiro atoms. The highest BCUT2D eigenvalue weighted by Crippen LogP contribution is 2.26. The highest BCUT2D eigenvalue weighted by atomic mass is 79.9. The molecule has 1 amide bonds. The number of carbonyl (C=O) groups excluding carboxylic acids is 1. The van der Waals surface area contributed by atoms with E-state index >= 15 is 0 Å². The molecule has 0 atom stereocenters. The van der Waals surface area contributed by atoms with Gasteiger partial charge in [-0.15, -0.1) is 0 Å². The summed E-state index contributed by atoms with van der Waals surface area (Å²) in [6.45, 7) is -0.261. The molecule has 0 aliphatic carbocycles. The average molecular weight is 265 g/mol. The van der Waals surface area contributed by atoms with Crippen LogP contribution in [0.3, 0.4) is 0 Å². The van der Waals surface area contributed by atoms with E-state index in [9.17, 15) is 13.6 Å². The zero-order chi connectivity index (χ0) is 10.7. The fraction of sp³-hybridized carbons (Fsp3) is 0.125. The zero-order valence-corrected chi connectivity index (χ0v) is 8.57. The molecule has 0 aromatic heterocycles. The first-order valence-corrected chi connectivity index (χ1v) is 4.48. The predicted molar refractivity (Wildman–Crippen MR) is 51.7 cm³/mol. The second-order valence-corrected chi connectivity index (χ2v) is 3.35. The molecular weight excluding hydrogens is 258 g/mol. The third-order valence-corrected chi connectivity index (χ3v) is 2.08.